The van der Waals surface area contributed by atoms with Crippen LogP contribution in [-0.4, -0.2) is 35.1 Å². The van der Waals surface area contributed by atoms with Crippen LogP contribution in [0.2, 0.25) is 0 Å². The molecule has 1 aliphatic carbocycles. The van der Waals surface area contributed by atoms with Crippen LogP contribution in [0.1, 0.15) is 38.7 Å². The number of hydroxylamine groups is 2. The van der Waals surface area contributed by atoms with Gasteiger partial charge in [-0.1, -0.05) is 24.3 Å². The third-order valence-corrected chi connectivity index (χ3v) is 3.53. The highest BCUT2D eigenvalue weighted by Gasteiger charge is 2.34. The first kappa shape index (κ1) is 16.4. The number of amides is 1. The Hall–Kier alpha value is -2.01. The van der Waals surface area contributed by atoms with Crippen molar-refractivity contribution in [1.82, 2.24) is 5.06 Å². The topological polar surface area (TPSA) is 59.0 Å². The molecule has 22 heavy (non-hydrogen) atoms. The minimum absolute atomic E-state index is 0.0663. The summed E-state index contributed by atoms with van der Waals surface area (Å²) >= 11 is 0. The number of nitrogens with zero attached hydrogens (tertiary/aromatic N) is 1. The van der Waals surface area contributed by atoms with Gasteiger partial charge in [0.05, 0.1) is 13.2 Å². The van der Waals surface area contributed by atoms with Gasteiger partial charge in [0.2, 0.25) is 0 Å². The van der Waals surface area contributed by atoms with E-state index in [9.17, 15) is 10.0 Å². The quantitative estimate of drug-likeness (QED) is 0.525. The van der Waals surface area contributed by atoms with Crippen LogP contribution in [0.15, 0.2) is 36.4 Å². The summed E-state index contributed by atoms with van der Waals surface area (Å²) in [6, 6.07) is 7.26. The molecule has 0 fully saturated rings. The Bertz CT molecular complexity index is 545. The van der Waals surface area contributed by atoms with Crippen LogP contribution in [0.4, 0.5) is 4.79 Å². The van der Waals surface area contributed by atoms with E-state index in [0.717, 1.165) is 11.3 Å². The lowest BCUT2D eigenvalue weighted by Crippen LogP contribution is -2.42. The van der Waals surface area contributed by atoms with Gasteiger partial charge in [0.25, 0.3) is 0 Å². The van der Waals surface area contributed by atoms with Gasteiger partial charge in [0, 0.05) is 5.92 Å². The number of carbonyl (C=O) groups excluding carboxylic acids is 1. The molecule has 0 spiro atoms. The van der Waals surface area contributed by atoms with Crippen molar-refractivity contribution in [2.24, 2.45) is 0 Å². The highest BCUT2D eigenvalue weighted by molar-refractivity contribution is 5.67. The molecule has 5 nitrogen and oxygen atoms in total. The molecular formula is C17H23NO4. The molecule has 2 rings (SSSR count). The van der Waals surface area contributed by atoms with Crippen molar-refractivity contribution >= 4 is 6.09 Å². The largest absolute Gasteiger partial charge is 0.497 e. The summed E-state index contributed by atoms with van der Waals surface area (Å²) in [5.74, 6) is 0.707. The van der Waals surface area contributed by atoms with E-state index in [1.54, 1.807) is 27.9 Å². The molecule has 5 heteroatoms. The Morgan fingerprint density at radius 2 is 1.91 bits per heavy atom. The van der Waals surface area contributed by atoms with Gasteiger partial charge in [-0.2, -0.15) is 5.06 Å². The lowest BCUT2D eigenvalue weighted by Gasteiger charge is -2.30. The number of hydrogen-bond donors (Lipinski definition) is 1. The van der Waals surface area contributed by atoms with E-state index in [-0.39, 0.29) is 12.0 Å². The van der Waals surface area contributed by atoms with Crippen molar-refractivity contribution < 1.29 is 19.5 Å². The summed E-state index contributed by atoms with van der Waals surface area (Å²) in [6.07, 6.45) is 3.83. The SMILES string of the molecule is COc1ccc([C@@H]2C=CC[C@@H]2N(O)C(=O)OC(C)(C)C)cc1. The van der Waals surface area contributed by atoms with Gasteiger partial charge < -0.3 is 9.47 Å². The zero-order valence-corrected chi connectivity index (χ0v) is 13.4. The molecule has 120 valence electrons. The van der Waals surface area contributed by atoms with E-state index in [1.807, 2.05) is 36.4 Å². The van der Waals surface area contributed by atoms with Crippen molar-refractivity contribution in [3.8, 4) is 5.75 Å². The van der Waals surface area contributed by atoms with Crippen LogP contribution < -0.4 is 4.74 Å². The van der Waals surface area contributed by atoms with E-state index < -0.39 is 11.7 Å². The molecule has 1 aromatic carbocycles. The number of carbonyl (C=O) groups is 1. The minimum Gasteiger partial charge on any atom is -0.497 e. The van der Waals surface area contributed by atoms with Crippen LogP contribution in [0, 0.1) is 0 Å². The predicted octanol–water partition coefficient (Wildman–Crippen LogP) is 3.73. The fourth-order valence-electron chi connectivity index (χ4n) is 2.49. The predicted molar refractivity (Wildman–Crippen MR) is 83.1 cm³/mol. The van der Waals surface area contributed by atoms with E-state index in [0.29, 0.717) is 11.5 Å². The summed E-state index contributed by atoms with van der Waals surface area (Å²) in [5.41, 5.74) is 0.377. The van der Waals surface area contributed by atoms with Crippen LogP contribution in [-0.2, 0) is 4.74 Å². The molecule has 0 aliphatic heterocycles. The van der Waals surface area contributed by atoms with E-state index >= 15 is 0 Å². The monoisotopic (exact) mass is 305 g/mol. The molecule has 0 radical (unpaired) electrons. The molecule has 1 aromatic rings. The molecule has 0 heterocycles. The van der Waals surface area contributed by atoms with Crippen LogP contribution in [0.5, 0.6) is 5.75 Å². The second-order valence-corrected chi connectivity index (χ2v) is 6.36. The number of hydrogen-bond acceptors (Lipinski definition) is 4. The van der Waals surface area contributed by atoms with Crippen LogP contribution >= 0.6 is 0 Å². The zero-order chi connectivity index (χ0) is 16.3. The minimum atomic E-state index is -0.722. The Balaban J connectivity index is 2.11. The molecule has 1 aliphatic rings. The lowest BCUT2D eigenvalue weighted by atomic mass is 9.94. The third-order valence-electron chi connectivity index (χ3n) is 3.53. The third kappa shape index (κ3) is 3.80. The van der Waals surface area contributed by atoms with E-state index in [4.69, 9.17) is 9.47 Å². The average Bonchev–Trinajstić information content (AvgIpc) is 2.94. The van der Waals surface area contributed by atoms with Crippen molar-refractivity contribution in [2.45, 2.75) is 44.8 Å². The summed E-state index contributed by atoms with van der Waals surface area (Å²) in [6.45, 7) is 5.31. The molecule has 0 aromatic heterocycles. The summed E-state index contributed by atoms with van der Waals surface area (Å²) in [5, 5.41) is 10.9. The summed E-state index contributed by atoms with van der Waals surface area (Å²) in [7, 11) is 1.62. The molecule has 0 saturated carbocycles. The first-order valence-electron chi connectivity index (χ1n) is 7.33. The van der Waals surface area contributed by atoms with Gasteiger partial charge >= 0.3 is 6.09 Å². The second kappa shape index (κ2) is 6.40. The normalized spacial score (nSPS) is 20.8. The molecule has 0 saturated heterocycles. The summed E-state index contributed by atoms with van der Waals surface area (Å²) in [4.78, 5) is 12.0. The first-order valence-corrected chi connectivity index (χ1v) is 7.33. The average molecular weight is 305 g/mol. The van der Waals surface area contributed by atoms with Gasteiger partial charge in [-0.3, -0.25) is 5.21 Å². The van der Waals surface area contributed by atoms with E-state index in [1.165, 1.54) is 0 Å². The van der Waals surface area contributed by atoms with Crippen LogP contribution in [0.25, 0.3) is 0 Å². The van der Waals surface area contributed by atoms with Gasteiger partial charge in [0.1, 0.15) is 11.4 Å². The fraction of sp³-hybridized carbons (Fsp3) is 0.471. The number of rotatable bonds is 3. The van der Waals surface area contributed by atoms with Crippen molar-refractivity contribution in [3.05, 3.63) is 42.0 Å². The maximum Gasteiger partial charge on any atom is 0.434 e. The Morgan fingerprint density at radius 3 is 2.45 bits per heavy atom. The standard InChI is InChI=1S/C17H23NO4/c1-17(2,3)22-16(19)18(20)15-7-5-6-14(15)12-8-10-13(21-4)11-9-12/h5-6,8-11,14-15,20H,7H2,1-4H3/t14-,15-/m0/s1. The molecular weight excluding hydrogens is 282 g/mol. The van der Waals surface area contributed by atoms with Gasteiger partial charge in [-0.25, -0.2) is 4.79 Å². The molecule has 2 atom stereocenters. The summed E-state index contributed by atoms with van der Waals surface area (Å²) < 4.78 is 10.4. The number of ether oxygens (including phenoxy) is 2. The highest BCUT2D eigenvalue weighted by Crippen LogP contribution is 2.33. The van der Waals surface area contributed by atoms with Gasteiger partial charge in [0.15, 0.2) is 0 Å². The Morgan fingerprint density at radius 1 is 1.27 bits per heavy atom. The Kier molecular flexibility index (Phi) is 4.76. The molecule has 0 bridgehead atoms. The molecule has 1 amide bonds. The maximum atomic E-state index is 12.0. The van der Waals surface area contributed by atoms with Crippen molar-refractivity contribution in [2.75, 3.05) is 7.11 Å². The number of benzene rings is 1. The van der Waals surface area contributed by atoms with Crippen molar-refractivity contribution in [3.63, 3.8) is 0 Å². The van der Waals surface area contributed by atoms with Gasteiger partial charge in [-0.15, -0.1) is 0 Å². The fourth-order valence-corrected chi connectivity index (χ4v) is 2.49. The smallest absolute Gasteiger partial charge is 0.434 e. The highest BCUT2D eigenvalue weighted by atomic mass is 16.6. The zero-order valence-electron chi connectivity index (χ0n) is 13.4. The number of methoxy groups -OCH3 is 1. The van der Waals surface area contributed by atoms with E-state index in [2.05, 4.69) is 0 Å². The Labute approximate surface area is 131 Å². The lowest BCUT2D eigenvalue weighted by molar-refractivity contribution is -0.120. The van der Waals surface area contributed by atoms with Gasteiger partial charge in [-0.05, 0) is 44.9 Å². The van der Waals surface area contributed by atoms with Crippen molar-refractivity contribution in [1.29, 1.82) is 0 Å². The molecule has 0 unspecified atom stereocenters. The first-order chi connectivity index (χ1) is 10.3. The maximum absolute atomic E-state index is 12.0. The second-order valence-electron chi connectivity index (χ2n) is 6.36. The molecule has 1 N–H and O–H groups in total. The van der Waals surface area contributed by atoms with Crippen LogP contribution in [0.3, 0.4) is 0 Å².